The number of rotatable bonds is 6. The molecule has 98 valence electrons. The molecule has 1 saturated carbocycles. The first-order valence-corrected chi connectivity index (χ1v) is 7.39. The van der Waals surface area contributed by atoms with Crippen LogP contribution in [0.3, 0.4) is 0 Å². The van der Waals surface area contributed by atoms with Crippen molar-refractivity contribution in [3.63, 3.8) is 0 Å². The lowest BCUT2D eigenvalue weighted by molar-refractivity contribution is -0.146. The fourth-order valence-electron chi connectivity index (χ4n) is 2.27. The molecule has 0 spiro atoms. The zero-order valence-corrected chi connectivity index (χ0v) is 11.1. The Hall–Kier alpha value is -0.260. The van der Waals surface area contributed by atoms with E-state index in [-0.39, 0.29) is 5.97 Å². The van der Waals surface area contributed by atoms with Gasteiger partial charge in [-0.15, -0.1) is 0 Å². The summed E-state index contributed by atoms with van der Waals surface area (Å²) < 4.78 is 10.4. The van der Waals surface area contributed by atoms with Crippen LogP contribution in [0.15, 0.2) is 0 Å². The second kappa shape index (κ2) is 5.59. The topological polar surface area (TPSA) is 61.5 Å². The Labute approximate surface area is 107 Å². The van der Waals surface area contributed by atoms with Gasteiger partial charge in [0.2, 0.25) is 0 Å². The van der Waals surface area contributed by atoms with E-state index < -0.39 is 5.54 Å². The highest BCUT2D eigenvalue weighted by molar-refractivity contribution is 7.99. The van der Waals surface area contributed by atoms with E-state index in [9.17, 15) is 4.79 Å². The largest absolute Gasteiger partial charge is 0.468 e. The van der Waals surface area contributed by atoms with Crippen molar-refractivity contribution in [3.05, 3.63) is 0 Å². The van der Waals surface area contributed by atoms with Crippen LogP contribution in [0.25, 0.3) is 0 Å². The fraction of sp³-hybridized carbons (Fsp3) is 0.917. The molecular formula is C12H21NO3S. The van der Waals surface area contributed by atoms with Crippen LogP contribution in [0, 0.1) is 5.92 Å². The smallest absolute Gasteiger partial charge is 0.326 e. The van der Waals surface area contributed by atoms with Crippen LogP contribution in [0.5, 0.6) is 0 Å². The Morgan fingerprint density at radius 2 is 2.29 bits per heavy atom. The lowest BCUT2D eigenvalue weighted by atomic mass is 9.97. The van der Waals surface area contributed by atoms with Crippen molar-refractivity contribution < 1.29 is 14.3 Å². The van der Waals surface area contributed by atoms with Crippen LogP contribution < -0.4 is 5.73 Å². The SMILES string of the molecule is COC(=O)C(N)(CSCC1CCCO1)C1CC1. The van der Waals surface area contributed by atoms with Crippen molar-refractivity contribution in [2.45, 2.75) is 37.3 Å². The first-order valence-electron chi connectivity index (χ1n) is 6.23. The molecule has 17 heavy (non-hydrogen) atoms. The molecule has 0 radical (unpaired) electrons. The quantitative estimate of drug-likeness (QED) is 0.726. The molecule has 4 nitrogen and oxygen atoms in total. The summed E-state index contributed by atoms with van der Waals surface area (Å²) in [6.45, 7) is 0.874. The van der Waals surface area contributed by atoms with Crippen molar-refractivity contribution in [3.8, 4) is 0 Å². The second-order valence-corrected chi connectivity index (χ2v) is 5.99. The predicted octanol–water partition coefficient (Wildman–Crippen LogP) is 1.18. The van der Waals surface area contributed by atoms with Crippen LogP contribution in [-0.4, -0.2) is 42.8 Å². The van der Waals surface area contributed by atoms with Gasteiger partial charge in [0.25, 0.3) is 0 Å². The average Bonchev–Trinajstić information content (AvgIpc) is 3.07. The third kappa shape index (κ3) is 3.14. The minimum absolute atomic E-state index is 0.264. The molecule has 0 aromatic rings. The summed E-state index contributed by atoms with van der Waals surface area (Å²) in [6.07, 6.45) is 4.73. The lowest BCUT2D eigenvalue weighted by Crippen LogP contribution is -2.53. The van der Waals surface area contributed by atoms with Gasteiger partial charge in [-0.1, -0.05) is 0 Å². The third-order valence-electron chi connectivity index (χ3n) is 3.54. The minimum atomic E-state index is -0.780. The molecule has 2 atom stereocenters. The van der Waals surface area contributed by atoms with Gasteiger partial charge in [0, 0.05) is 18.1 Å². The molecule has 1 aliphatic heterocycles. The van der Waals surface area contributed by atoms with Crippen molar-refractivity contribution in [1.82, 2.24) is 0 Å². The van der Waals surface area contributed by atoms with E-state index in [2.05, 4.69) is 0 Å². The summed E-state index contributed by atoms with van der Waals surface area (Å²) in [6, 6.07) is 0. The molecule has 0 bridgehead atoms. The van der Waals surface area contributed by atoms with Gasteiger partial charge in [0.05, 0.1) is 13.2 Å². The van der Waals surface area contributed by atoms with Gasteiger partial charge in [-0.2, -0.15) is 11.8 Å². The Bertz CT molecular complexity index is 277. The average molecular weight is 259 g/mol. The Balaban J connectivity index is 1.79. The van der Waals surface area contributed by atoms with Crippen LogP contribution >= 0.6 is 11.8 Å². The molecule has 1 aliphatic carbocycles. The number of carbonyl (C=O) groups excluding carboxylic acids is 1. The van der Waals surface area contributed by atoms with E-state index in [0.29, 0.717) is 17.8 Å². The predicted molar refractivity (Wildman–Crippen MR) is 68.0 cm³/mol. The molecule has 0 aromatic heterocycles. The molecule has 1 saturated heterocycles. The molecule has 2 fully saturated rings. The van der Waals surface area contributed by atoms with Crippen LogP contribution in [-0.2, 0) is 14.3 Å². The van der Waals surface area contributed by atoms with E-state index in [1.165, 1.54) is 7.11 Å². The molecule has 1 heterocycles. The van der Waals surface area contributed by atoms with E-state index >= 15 is 0 Å². The maximum absolute atomic E-state index is 11.8. The van der Waals surface area contributed by atoms with Gasteiger partial charge in [-0.05, 0) is 31.6 Å². The van der Waals surface area contributed by atoms with E-state index in [1.54, 1.807) is 11.8 Å². The van der Waals surface area contributed by atoms with Crippen molar-refractivity contribution in [2.75, 3.05) is 25.2 Å². The number of esters is 1. The number of carbonyl (C=O) groups is 1. The summed E-state index contributed by atoms with van der Waals surface area (Å²) in [5.41, 5.74) is 5.43. The van der Waals surface area contributed by atoms with Crippen molar-refractivity contribution in [1.29, 1.82) is 0 Å². The third-order valence-corrected chi connectivity index (χ3v) is 4.83. The summed E-state index contributed by atoms with van der Waals surface area (Å²) in [4.78, 5) is 11.8. The molecule has 5 heteroatoms. The summed E-state index contributed by atoms with van der Waals surface area (Å²) in [5, 5.41) is 0. The molecule has 2 rings (SSSR count). The van der Waals surface area contributed by atoms with Crippen LogP contribution in [0.4, 0.5) is 0 Å². The van der Waals surface area contributed by atoms with E-state index in [4.69, 9.17) is 15.2 Å². The van der Waals surface area contributed by atoms with E-state index in [0.717, 1.165) is 38.0 Å². The number of ether oxygens (including phenoxy) is 2. The van der Waals surface area contributed by atoms with Gasteiger partial charge in [-0.3, -0.25) is 4.79 Å². The van der Waals surface area contributed by atoms with E-state index in [1.807, 2.05) is 0 Å². The van der Waals surface area contributed by atoms with Crippen LogP contribution in [0.2, 0.25) is 0 Å². The number of methoxy groups -OCH3 is 1. The maximum atomic E-state index is 11.8. The molecule has 2 aliphatic rings. The highest BCUT2D eigenvalue weighted by Gasteiger charge is 2.48. The first kappa shape index (κ1) is 13.2. The Morgan fingerprint density at radius 1 is 1.53 bits per heavy atom. The van der Waals surface area contributed by atoms with Crippen molar-refractivity contribution >= 4 is 17.7 Å². The highest BCUT2D eigenvalue weighted by atomic mass is 32.2. The monoisotopic (exact) mass is 259 g/mol. The van der Waals surface area contributed by atoms with Gasteiger partial charge < -0.3 is 15.2 Å². The van der Waals surface area contributed by atoms with Crippen molar-refractivity contribution in [2.24, 2.45) is 11.7 Å². The fourth-order valence-corrected chi connectivity index (χ4v) is 3.60. The Morgan fingerprint density at radius 3 is 2.82 bits per heavy atom. The number of hydrogen-bond acceptors (Lipinski definition) is 5. The molecule has 0 aromatic carbocycles. The molecule has 2 unspecified atom stereocenters. The standard InChI is InChI=1S/C12H21NO3S/c1-15-11(14)12(13,9-4-5-9)8-17-7-10-3-2-6-16-10/h9-10H,2-8,13H2,1H3. The lowest BCUT2D eigenvalue weighted by Gasteiger charge is -2.26. The zero-order valence-electron chi connectivity index (χ0n) is 10.3. The number of nitrogens with two attached hydrogens (primary N) is 1. The van der Waals surface area contributed by atoms with Gasteiger partial charge in [0.1, 0.15) is 5.54 Å². The van der Waals surface area contributed by atoms with Gasteiger partial charge in [-0.25, -0.2) is 0 Å². The number of hydrogen-bond donors (Lipinski definition) is 1. The van der Waals surface area contributed by atoms with Gasteiger partial charge in [0.15, 0.2) is 0 Å². The second-order valence-electron chi connectivity index (χ2n) is 4.96. The van der Waals surface area contributed by atoms with Gasteiger partial charge >= 0.3 is 5.97 Å². The summed E-state index contributed by atoms with van der Waals surface area (Å²) in [5.74, 6) is 1.62. The molecule has 0 amide bonds. The highest BCUT2D eigenvalue weighted by Crippen LogP contribution is 2.40. The maximum Gasteiger partial charge on any atom is 0.326 e. The number of thioether (sulfide) groups is 1. The zero-order chi connectivity index (χ0) is 12.3. The normalized spacial score (nSPS) is 27.8. The summed E-state index contributed by atoms with van der Waals surface area (Å²) in [7, 11) is 1.41. The minimum Gasteiger partial charge on any atom is -0.468 e. The molecular weight excluding hydrogens is 238 g/mol. The van der Waals surface area contributed by atoms with Crippen LogP contribution in [0.1, 0.15) is 25.7 Å². The molecule has 2 N–H and O–H groups in total. The first-order chi connectivity index (χ1) is 8.16. The summed E-state index contributed by atoms with van der Waals surface area (Å²) >= 11 is 1.72. The Kier molecular flexibility index (Phi) is 4.33.